The Balaban J connectivity index is 1.65. The van der Waals surface area contributed by atoms with Crippen LogP contribution in [0.3, 0.4) is 0 Å². The minimum atomic E-state index is -3.13. The summed E-state index contributed by atoms with van der Waals surface area (Å²) in [6.45, 7) is 3.64. The van der Waals surface area contributed by atoms with Crippen molar-refractivity contribution in [3.05, 3.63) is 70.8 Å². The smallest absolute Gasteiger partial charge is 0.251 e. The van der Waals surface area contributed by atoms with Gasteiger partial charge in [0.2, 0.25) is 0 Å². The Hall–Kier alpha value is -2.18. The number of rotatable bonds is 7. The van der Waals surface area contributed by atoms with Gasteiger partial charge in [-0.05, 0) is 54.8 Å². The monoisotopic (exact) mass is 386 g/mol. The number of sulfone groups is 1. The zero-order valence-electron chi connectivity index (χ0n) is 15.6. The highest BCUT2D eigenvalue weighted by Crippen LogP contribution is 2.16. The first-order valence-corrected chi connectivity index (χ1v) is 11.3. The summed E-state index contributed by atoms with van der Waals surface area (Å²) in [6, 6.07) is 15.0. The van der Waals surface area contributed by atoms with Gasteiger partial charge in [0.1, 0.15) is 0 Å². The number of hydrogen-bond acceptors (Lipinski definition) is 4. The molecule has 1 N–H and O–H groups in total. The molecule has 1 aliphatic heterocycles. The van der Waals surface area contributed by atoms with Gasteiger partial charge in [0.15, 0.2) is 9.84 Å². The number of nitrogens with zero attached hydrogens (tertiary/aromatic N) is 1. The molecule has 1 saturated heterocycles. The largest absolute Gasteiger partial charge is 0.348 e. The second-order valence-corrected chi connectivity index (χ2v) is 9.35. The fraction of sp³-hybridized carbons (Fsp3) is 0.381. The van der Waals surface area contributed by atoms with Crippen molar-refractivity contribution in [2.24, 2.45) is 0 Å². The van der Waals surface area contributed by atoms with Crippen molar-refractivity contribution >= 4 is 15.7 Å². The van der Waals surface area contributed by atoms with Crippen LogP contribution in [0.15, 0.2) is 48.5 Å². The first-order valence-electron chi connectivity index (χ1n) is 9.25. The minimum absolute atomic E-state index is 0.0627. The van der Waals surface area contributed by atoms with E-state index < -0.39 is 9.84 Å². The molecule has 3 rings (SSSR count). The van der Waals surface area contributed by atoms with Crippen LogP contribution in [0.5, 0.6) is 0 Å². The maximum absolute atomic E-state index is 12.5. The van der Waals surface area contributed by atoms with Crippen molar-refractivity contribution in [3.63, 3.8) is 0 Å². The third-order valence-corrected chi connectivity index (χ3v) is 5.63. The van der Waals surface area contributed by atoms with Crippen LogP contribution >= 0.6 is 0 Å². The van der Waals surface area contributed by atoms with Gasteiger partial charge in [-0.2, -0.15) is 0 Å². The van der Waals surface area contributed by atoms with Crippen LogP contribution in [0.4, 0.5) is 0 Å². The molecule has 1 fully saturated rings. The van der Waals surface area contributed by atoms with E-state index in [0.717, 1.165) is 25.2 Å². The number of nitrogens with one attached hydrogen (secondary N) is 1. The lowest BCUT2D eigenvalue weighted by Gasteiger charge is -2.17. The summed E-state index contributed by atoms with van der Waals surface area (Å²) >= 11 is 0. The summed E-state index contributed by atoms with van der Waals surface area (Å²) in [4.78, 5) is 15.0. The average molecular weight is 387 g/mol. The maximum Gasteiger partial charge on any atom is 0.251 e. The van der Waals surface area contributed by atoms with Crippen LogP contribution < -0.4 is 5.32 Å². The van der Waals surface area contributed by atoms with E-state index >= 15 is 0 Å². The quantitative estimate of drug-likeness (QED) is 0.795. The first kappa shape index (κ1) is 19.6. The minimum Gasteiger partial charge on any atom is -0.348 e. The van der Waals surface area contributed by atoms with E-state index in [2.05, 4.69) is 16.3 Å². The molecule has 2 aromatic carbocycles. The van der Waals surface area contributed by atoms with Crippen molar-refractivity contribution in [2.45, 2.75) is 31.7 Å². The summed E-state index contributed by atoms with van der Waals surface area (Å²) < 4.78 is 22.9. The Bertz CT molecular complexity index is 903. The van der Waals surface area contributed by atoms with Gasteiger partial charge in [-0.3, -0.25) is 9.69 Å². The van der Waals surface area contributed by atoms with Gasteiger partial charge in [0.25, 0.3) is 5.91 Å². The molecule has 1 heterocycles. The fourth-order valence-corrected chi connectivity index (χ4v) is 4.23. The highest BCUT2D eigenvalue weighted by molar-refractivity contribution is 7.89. The van der Waals surface area contributed by atoms with Crippen LogP contribution in [0.2, 0.25) is 0 Å². The Labute approximate surface area is 161 Å². The van der Waals surface area contributed by atoms with Crippen molar-refractivity contribution < 1.29 is 13.2 Å². The Morgan fingerprint density at radius 1 is 1.04 bits per heavy atom. The SMILES string of the molecule is CS(=O)(=O)Cc1cccc(C(=O)NCc2ccccc2CN2CCCC2)c1. The van der Waals surface area contributed by atoms with E-state index in [1.54, 1.807) is 24.3 Å². The number of likely N-dealkylation sites (tertiary alicyclic amines) is 1. The standard InChI is InChI=1S/C21H26N2O3S/c1-27(25,26)16-17-7-6-10-18(13-17)21(24)22-14-19-8-2-3-9-20(19)15-23-11-4-5-12-23/h2-3,6-10,13H,4-5,11-12,14-16H2,1H3,(H,22,24). The van der Waals surface area contributed by atoms with Gasteiger partial charge >= 0.3 is 0 Å². The van der Waals surface area contributed by atoms with Gasteiger partial charge in [0, 0.05) is 24.9 Å². The maximum atomic E-state index is 12.5. The van der Waals surface area contributed by atoms with E-state index in [4.69, 9.17) is 0 Å². The molecule has 0 atom stereocenters. The van der Waals surface area contributed by atoms with Crippen LogP contribution in [0.1, 0.15) is 39.9 Å². The molecular weight excluding hydrogens is 360 g/mol. The van der Waals surface area contributed by atoms with Crippen molar-refractivity contribution in [3.8, 4) is 0 Å². The molecule has 144 valence electrons. The van der Waals surface area contributed by atoms with Crippen molar-refractivity contribution in [1.82, 2.24) is 10.2 Å². The third-order valence-electron chi connectivity index (χ3n) is 4.77. The zero-order valence-corrected chi connectivity index (χ0v) is 16.5. The van der Waals surface area contributed by atoms with E-state index in [1.807, 2.05) is 18.2 Å². The van der Waals surface area contributed by atoms with E-state index in [9.17, 15) is 13.2 Å². The number of hydrogen-bond donors (Lipinski definition) is 1. The van der Waals surface area contributed by atoms with Crippen LogP contribution in [-0.4, -0.2) is 38.6 Å². The molecule has 1 amide bonds. The summed E-state index contributed by atoms with van der Waals surface area (Å²) in [5.41, 5.74) is 3.46. The molecule has 1 aliphatic rings. The summed E-state index contributed by atoms with van der Waals surface area (Å²) in [6.07, 6.45) is 3.70. The number of carbonyl (C=O) groups excluding carboxylic acids is 1. The van der Waals surface area contributed by atoms with Gasteiger partial charge in [-0.25, -0.2) is 8.42 Å². The summed E-state index contributed by atoms with van der Waals surface area (Å²) in [5, 5.41) is 2.96. The van der Waals surface area contributed by atoms with Gasteiger partial charge in [-0.15, -0.1) is 0 Å². The molecule has 0 unspecified atom stereocenters. The van der Waals surface area contributed by atoms with Crippen molar-refractivity contribution in [1.29, 1.82) is 0 Å². The lowest BCUT2D eigenvalue weighted by Crippen LogP contribution is -2.25. The molecule has 0 aliphatic carbocycles. The van der Waals surface area contributed by atoms with Gasteiger partial charge in [0.05, 0.1) is 5.75 Å². The fourth-order valence-electron chi connectivity index (χ4n) is 3.45. The predicted molar refractivity (Wildman–Crippen MR) is 107 cm³/mol. The Kier molecular flexibility index (Phi) is 6.29. The molecule has 5 nitrogen and oxygen atoms in total. The highest BCUT2D eigenvalue weighted by Gasteiger charge is 2.14. The number of amides is 1. The van der Waals surface area contributed by atoms with E-state index in [0.29, 0.717) is 17.7 Å². The van der Waals surface area contributed by atoms with Gasteiger partial charge < -0.3 is 5.32 Å². The van der Waals surface area contributed by atoms with E-state index in [-0.39, 0.29) is 11.7 Å². The van der Waals surface area contributed by atoms with Crippen molar-refractivity contribution in [2.75, 3.05) is 19.3 Å². The second kappa shape index (κ2) is 8.67. The zero-order chi connectivity index (χ0) is 19.3. The first-order chi connectivity index (χ1) is 12.9. The highest BCUT2D eigenvalue weighted by atomic mass is 32.2. The van der Waals surface area contributed by atoms with Gasteiger partial charge in [-0.1, -0.05) is 36.4 Å². The summed E-state index contributed by atoms with van der Waals surface area (Å²) in [5.74, 6) is -0.256. The molecule has 0 aromatic heterocycles. The average Bonchev–Trinajstić information content (AvgIpc) is 3.12. The topological polar surface area (TPSA) is 66.5 Å². The molecule has 27 heavy (non-hydrogen) atoms. The van der Waals surface area contributed by atoms with Crippen LogP contribution in [-0.2, 0) is 28.7 Å². The third kappa shape index (κ3) is 5.91. The molecular formula is C21H26N2O3S. The summed E-state index contributed by atoms with van der Waals surface area (Å²) in [7, 11) is -3.13. The number of carbonyl (C=O) groups is 1. The Morgan fingerprint density at radius 3 is 2.44 bits per heavy atom. The molecule has 0 spiro atoms. The van der Waals surface area contributed by atoms with Crippen LogP contribution in [0, 0.1) is 0 Å². The molecule has 6 heteroatoms. The lowest BCUT2D eigenvalue weighted by atomic mass is 10.1. The Morgan fingerprint density at radius 2 is 1.74 bits per heavy atom. The number of benzene rings is 2. The van der Waals surface area contributed by atoms with E-state index in [1.165, 1.54) is 24.7 Å². The normalized spacial score (nSPS) is 15.0. The molecule has 0 saturated carbocycles. The second-order valence-electron chi connectivity index (χ2n) is 7.21. The molecule has 0 bridgehead atoms. The molecule has 2 aromatic rings. The lowest BCUT2D eigenvalue weighted by molar-refractivity contribution is 0.0950. The predicted octanol–water partition coefficient (Wildman–Crippen LogP) is 2.76. The molecule has 0 radical (unpaired) electrons. The van der Waals surface area contributed by atoms with Crippen LogP contribution in [0.25, 0.3) is 0 Å².